The fourth-order valence-corrected chi connectivity index (χ4v) is 1.21. The fraction of sp³-hybridized carbons (Fsp3) is 0.750. The van der Waals surface area contributed by atoms with Crippen molar-refractivity contribution in [2.75, 3.05) is 0 Å². The van der Waals surface area contributed by atoms with Gasteiger partial charge in [0.1, 0.15) is 0 Å². The molecule has 0 heterocycles. The highest BCUT2D eigenvalue weighted by Crippen LogP contribution is 2.46. The molecule has 2 aliphatic carbocycles. The van der Waals surface area contributed by atoms with Gasteiger partial charge in [0.15, 0.2) is 0 Å². The van der Waals surface area contributed by atoms with Crippen LogP contribution in [-0.2, 0) is 0 Å². The largest absolute Gasteiger partial charge is 0.0880 e. The maximum Gasteiger partial charge on any atom is -0.0199 e. The standard InChI is InChI=1S/C6H8.C2H6/c1-2-5-4-6(5)3-1;1-2/h1-2,5-6H,3-4H2;1-2H3. The summed E-state index contributed by atoms with van der Waals surface area (Å²) < 4.78 is 0. The molecule has 1 saturated carbocycles. The molecule has 0 aliphatic heterocycles. The molecule has 2 rings (SSSR count). The van der Waals surface area contributed by atoms with Gasteiger partial charge in [0.05, 0.1) is 0 Å². The van der Waals surface area contributed by atoms with Crippen LogP contribution in [0.3, 0.4) is 0 Å². The van der Waals surface area contributed by atoms with Gasteiger partial charge in [0.2, 0.25) is 0 Å². The Morgan fingerprint density at radius 3 is 2.25 bits per heavy atom. The molecule has 8 heavy (non-hydrogen) atoms. The van der Waals surface area contributed by atoms with Crippen molar-refractivity contribution in [2.24, 2.45) is 11.8 Å². The first-order valence-corrected chi connectivity index (χ1v) is 3.63. The van der Waals surface area contributed by atoms with Gasteiger partial charge in [-0.15, -0.1) is 0 Å². The van der Waals surface area contributed by atoms with Gasteiger partial charge in [-0.3, -0.25) is 0 Å². The lowest BCUT2D eigenvalue weighted by Crippen LogP contribution is -1.61. The van der Waals surface area contributed by atoms with E-state index in [1.807, 2.05) is 13.8 Å². The lowest BCUT2D eigenvalue weighted by molar-refractivity contribution is 0.855. The van der Waals surface area contributed by atoms with Crippen LogP contribution in [0.2, 0.25) is 0 Å². The van der Waals surface area contributed by atoms with E-state index in [1.165, 1.54) is 12.8 Å². The Hall–Kier alpha value is -0.260. The molecule has 0 aromatic rings. The first kappa shape index (κ1) is 5.87. The summed E-state index contributed by atoms with van der Waals surface area (Å²) in [6, 6.07) is 0. The van der Waals surface area contributed by atoms with Crippen LogP contribution in [0, 0.1) is 11.8 Å². The summed E-state index contributed by atoms with van der Waals surface area (Å²) in [6.45, 7) is 4.00. The van der Waals surface area contributed by atoms with Crippen LogP contribution in [-0.4, -0.2) is 0 Å². The van der Waals surface area contributed by atoms with E-state index in [-0.39, 0.29) is 0 Å². The van der Waals surface area contributed by atoms with Crippen molar-refractivity contribution in [3.05, 3.63) is 12.2 Å². The van der Waals surface area contributed by atoms with Crippen LogP contribution in [0.25, 0.3) is 0 Å². The maximum atomic E-state index is 2.35. The van der Waals surface area contributed by atoms with Gasteiger partial charge in [0.25, 0.3) is 0 Å². The van der Waals surface area contributed by atoms with Crippen LogP contribution in [0.15, 0.2) is 12.2 Å². The highest BCUT2D eigenvalue weighted by Gasteiger charge is 2.36. The topological polar surface area (TPSA) is 0 Å². The van der Waals surface area contributed by atoms with Crippen molar-refractivity contribution in [1.82, 2.24) is 0 Å². The van der Waals surface area contributed by atoms with E-state index >= 15 is 0 Å². The second-order valence-corrected chi connectivity index (χ2v) is 2.32. The Balaban J connectivity index is 0.000000147. The highest BCUT2D eigenvalue weighted by atomic mass is 14.4. The number of rotatable bonds is 0. The first-order chi connectivity index (χ1) is 3.97. The molecule has 0 aromatic carbocycles. The SMILES string of the molecule is C1=CC2CC2C1.CC. The van der Waals surface area contributed by atoms with Crippen LogP contribution in [0.1, 0.15) is 26.7 Å². The quantitative estimate of drug-likeness (QED) is 0.420. The first-order valence-electron chi connectivity index (χ1n) is 3.63. The summed E-state index contributed by atoms with van der Waals surface area (Å²) in [7, 11) is 0. The predicted molar refractivity (Wildman–Crippen MR) is 36.7 cm³/mol. The Morgan fingerprint density at radius 1 is 1.38 bits per heavy atom. The summed E-state index contributed by atoms with van der Waals surface area (Å²) in [6.07, 6.45) is 7.53. The molecule has 0 heteroatoms. The third-order valence-electron chi connectivity index (χ3n) is 1.80. The Bertz CT molecular complexity index is 92.2. The minimum atomic E-state index is 1.03. The molecule has 0 amide bonds. The third kappa shape index (κ3) is 0.936. The normalized spacial score (nSPS) is 37.8. The molecule has 0 spiro atoms. The summed E-state index contributed by atoms with van der Waals surface area (Å²) in [5.41, 5.74) is 0. The van der Waals surface area contributed by atoms with Crippen molar-refractivity contribution in [1.29, 1.82) is 0 Å². The molecule has 2 unspecified atom stereocenters. The van der Waals surface area contributed by atoms with Crippen molar-refractivity contribution < 1.29 is 0 Å². The predicted octanol–water partition coefficient (Wildman–Crippen LogP) is 2.61. The molecule has 0 radical (unpaired) electrons. The zero-order chi connectivity index (χ0) is 5.98. The van der Waals surface area contributed by atoms with E-state index in [1.54, 1.807) is 0 Å². The van der Waals surface area contributed by atoms with Crippen molar-refractivity contribution in [3.63, 3.8) is 0 Å². The molecular weight excluding hydrogens is 96.1 g/mol. The second kappa shape index (κ2) is 2.34. The number of allylic oxidation sites excluding steroid dienone is 2. The number of fused-ring (bicyclic) bond motifs is 1. The van der Waals surface area contributed by atoms with E-state index in [4.69, 9.17) is 0 Å². The lowest BCUT2D eigenvalue weighted by atomic mass is 10.3. The maximum absolute atomic E-state index is 2.35. The number of hydrogen-bond donors (Lipinski definition) is 0. The van der Waals surface area contributed by atoms with E-state index in [0.29, 0.717) is 0 Å². The zero-order valence-corrected chi connectivity index (χ0v) is 5.72. The lowest BCUT2D eigenvalue weighted by Gasteiger charge is -1.72. The van der Waals surface area contributed by atoms with Gasteiger partial charge < -0.3 is 0 Å². The molecule has 2 aliphatic rings. The summed E-state index contributed by atoms with van der Waals surface area (Å²) in [4.78, 5) is 0. The Kier molecular flexibility index (Phi) is 1.72. The molecule has 46 valence electrons. The highest BCUT2D eigenvalue weighted by molar-refractivity contribution is 5.11. The smallest absolute Gasteiger partial charge is 0.0199 e. The van der Waals surface area contributed by atoms with Gasteiger partial charge in [0, 0.05) is 0 Å². The van der Waals surface area contributed by atoms with Crippen LogP contribution in [0.4, 0.5) is 0 Å². The third-order valence-corrected chi connectivity index (χ3v) is 1.80. The van der Waals surface area contributed by atoms with E-state index in [0.717, 1.165) is 11.8 Å². The molecule has 0 aromatic heterocycles. The average Bonchev–Trinajstić information content (AvgIpc) is 2.46. The van der Waals surface area contributed by atoms with Gasteiger partial charge in [-0.05, 0) is 24.7 Å². The molecule has 1 fully saturated rings. The average molecular weight is 110 g/mol. The van der Waals surface area contributed by atoms with Crippen molar-refractivity contribution in [2.45, 2.75) is 26.7 Å². The van der Waals surface area contributed by atoms with E-state index < -0.39 is 0 Å². The Labute approximate surface area is 51.6 Å². The molecule has 2 atom stereocenters. The van der Waals surface area contributed by atoms with Gasteiger partial charge in [-0.25, -0.2) is 0 Å². The summed E-state index contributed by atoms with van der Waals surface area (Å²) in [5.74, 6) is 2.13. The summed E-state index contributed by atoms with van der Waals surface area (Å²) >= 11 is 0. The van der Waals surface area contributed by atoms with Crippen molar-refractivity contribution >= 4 is 0 Å². The zero-order valence-electron chi connectivity index (χ0n) is 5.72. The van der Waals surface area contributed by atoms with Gasteiger partial charge >= 0.3 is 0 Å². The van der Waals surface area contributed by atoms with E-state index in [9.17, 15) is 0 Å². The monoisotopic (exact) mass is 110 g/mol. The van der Waals surface area contributed by atoms with Gasteiger partial charge in [-0.2, -0.15) is 0 Å². The molecule has 0 N–H and O–H groups in total. The van der Waals surface area contributed by atoms with Crippen LogP contribution < -0.4 is 0 Å². The minimum Gasteiger partial charge on any atom is -0.0880 e. The fourth-order valence-electron chi connectivity index (χ4n) is 1.21. The Morgan fingerprint density at radius 2 is 2.12 bits per heavy atom. The summed E-state index contributed by atoms with van der Waals surface area (Å²) in [5, 5.41) is 0. The molecule has 0 bridgehead atoms. The minimum absolute atomic E-state index is 1.03. The molecule has 0 nitrogen and oxygen atoms in total. The van der Waals surface area contributed by atoms with Crippen molar-refractivity contribution in [3.8, 4) is 0 Å². The second-order valence-electron chi connectivity index (χ2n) is 2.32. The van der Waals surface area contributed by atoms with Crippen LogP contribution in [0.5, 0.6) is 0 Å². The van der Waals surface area contributed by atoms with Crippen LogP contribution >= 0.6 is 0 Å². The van der Waals surface area contributed by atoms with E-state index in [2.05, 4.69) is 12.2 Å². The van der Waals surface area contributed by atoms with Gasteiger partial charge in [-0.1, -0.05) is 26.0 Å². The molecular formula is C8H14. The molecule has 0 saturated heterocycles. The number of hydrogen-bond acceptors (Lipinski definition) is 0.